The molecule has 1 fully saturated rings. The quantitative estimate of drug-likeness (QED) is 0.144. The van der Waals surface area contributed by atoms with E-state index in [0.717, 1.165) is 12.8 Å². The molecule has 0 spiro atoms. The van der Waals surface area contributed by atoms with Crippen LogP contribution in [0.15, 0.2) is 30.3 Å². The Balaban J connectivity index is 1.95. The standard InChI is InChI=1S/C28H45N2O7P/c1-28(2,3)27(33)37-21-36-26(32)24-16-11-18-30(24)25(31)23(15-7-9-17-29)20-38(34,35)19-10-8-14-22-12-5-4-6-13-22/h4-6,12-13,23-24H,7-11,14-21,29H2,1-3H3,(H,34,35)/t23?,24-/m0/s1. The first kappa shape index (κ1) is 32.0. The van der Waals surface area contributed by atoms with Gasteiger partial charge in [-0.3, -0.25) is 14.2 Å². The van der Waals surface area contributed by atoms with E-state index in [9.17, 15) is 23.8 Å². The Labute approximate surface area is 226 Å². The van der Waals surface area contributed by atoms with E-state index in [1.807, 2.05) is 30.3 Å². The van der Waals surface area contributed by atoms with Gasteiger partial charge in [0.25, 0.3) is 0 Å². The first-order valence-electron chi connectivity index (χ1n) is 13.6. The van der Waals surface area contributed by atoms with Crippen molar-refractivity contribution in [3.8, 4) is 0 Å². The minimum Gasteiger partial charge on any atom is -0.427 e. The number of nitrogens with two attached hydrogens (primary N) is 1. The number of nitrogens with zero attached hydrogens (tertiary/aromatic N) is 1. The molecule has 0 bridgehead atoms. The van der Waals surface area contributed by atoms with E-state index in [1.54, 1.807) is 20.8 Å². The Hall–Kier alpha value is -2.22. The highest BCUT2D eigenvalue weighted by molar-refractivity contribution is 7.58. The number of hydrogen-bond donors (Lipinski definition) is 2. The van der Waals surface area contributed by atoms with Crippen molar-refractivity contribution >= 4 is 25.2 Å². The molecule has 0 saturated carbocycles. The van der Waals surface area contributed by atoms with Crippen molar-refractivity contribution in [1.29, 1.82) is 0 Å². The second-order valence-corrected chi connectivity index (χ2v) is 13.6. The van der Waals surface area contributed by atoms with Crippen LogP contribution in [0.2, 0.25) is 0 Å². The van der Waals surface area contributed by atoms with E-state index in [1.165, 1.54) is 10.5 Å². The largest absolute Gasteiger partial charge is 0.427 e. The smallest absolute Gasteiger partial charge is 0.331 e. The molecule has 38 heavy (non-hydrogen) atoms. The molecular formula is C28H45N2O7P. The second kappa shape index (κ2) is 15.4. The van der Waals surface area contributed by atoms with Crippen LogP contribution in [0, 0.1) is 11.3 Å². The Bertz CT molecular complexity index is 948. The van der Waals surface area contributed by atoms with E-state index in [0.29, 0.717) is 51.6 Å². The molecule has 3 N–H and O–H groups in total. The van der Waals surface area contributed by atoms with Crippen molar-refractivity contribution in [3.63, 3.8) is 0 Å². The molecule has 9 nitrogen and oxygen atoms in total. The van der Waals surface area contributed by atoms with Crippen LogP contribution in [-0.4, -0.2) is 65.9 Å². The van der Waals surface area contributed by atoms with Gasteiger partial charge in [0.1, 0.15) is 6.04 Å². The minimum atomic E-state index is -3.55. The number of unbranched alkanes of at least 4 members (excludes halogenated alkanes) is 2. The highest BCUT2D eigenvalue weighted by Crippen LogP contribution is 2.45. The molecule has 1 aromatic rings. The summed E-state index contributed by atoms with van der Waals surface area (Å²) in [4.78, 5) is 50.4. The van der Waals surface area contributed by atoms with Crippen LogP contribution in [0.3, 0.4) is 0 Å². The molecule has 0 radical (unpaired) electrons. The molecule has 3 atom stereocenters. The van der Waals surface area contributed by atoms with Gasteiger partial charge in [-0.25, -0.2) is 4.79 Å². The molecule has 1 heterocycles. The van der Waals surface area contributed by atoms with Crippen LogP contribution in [0.4, 0.5) is 0 Å². The van der Waals surface area contributed by atoms with Crippen LogP contribution >= 0.6 is 7.37 Å². The first-order valence-corrected chi connectivity index (χ1v) is 15.7. The van der Waals surface area contributed by atoms with Gasteiger partial charge in [0.15, 0.2) is 0 Å². The number of amides is 1. The molecule has 0 aliphatic carbocycles. The Kier molecular flexibility index (Phi) is 13.0. The Morgan fingerprint density at radius 3 is 2.47 bits per heavy atom. The number of likely N-dealkylation sites (tertiary alicyclic amines) is 1. The van der Waals surface area contributed by atoms with Crippen LogP contribution in [-0.2, 0) is 34.8 Å². The fourth-order valence-corrected chi connectivity index (χ4v) is 6.49. The van der Waals surface area contributed by atoms with E-state index in [2.05, 4.69) is 0 Å². The zero-order valence-electron chi connectivity index (χ0n) is 23.1. The van der Waals surface area contributed by atoms with Gasteiger partial charge in [0, 0.05) is 24.8 Å². The lowest BCUT2D eigenvalue weighted by Crippen LogP contribution is -2.45. The lowest BCUT2D eigenvalue weighted by atomic mass is 9.98. The Morgan fingerprint density at radius 1 is 1.11 bits per heavy atom. The molecule has 2 unspecified atom stereocenters. The van der Waals surface area contributed by atoms with Gasteiger partial charge in [-0.15, -0.1) is 0 Å². The van der Waals surface area contributed by atoms with Gasteiger partial charge in [-0.05, 0) is 77.8 Å². The molecule has 1 aliphatic heterocycles. The maximum absolute atomic E-state index is 13.5. The molecule has 1 aliphatic rings. The number of aryl methyl sites for hydroxylation is 1. The number of ether oxygens (including phenoxy) is 2. The molecule has 214 valence electrons. The second-order valence-electron chi connectivity index (χ2n) is 11.1. The highest BCUT2D eigenvalue weighted by Gasteiger charge is 2.40. The molecule has 1 amide bonds. The average Bonchev–Trinajstić information content (AvgIpc) is 3.36. The molecule has 0 aromatic heterocycles. The van der Waals surface area contributed by atoms with Gasteiger partial charge in [-0.2, -0.15) is 0 Å². The summed E-state index contributed by atoms with van der Waals surface area (Å²) in [6.45, 7) is 5.43. The monoisotopic (exact) mass is 552 g/mol. The number of carbonyl (C=O) groups excluding carboxylic acids is 3. The fourth-order valence-electron chi connectivity index (χ4n) is 4.56. The van der Waals surface area contributed by atoms with E-state index in [-0.39, 0.29) is 18.2 Å². The molecule has 1 aromatic carbocycles. The molecule has 2 rings (SSSR count). The van der Waals surface area contributed by atoms with E-state index >= 15 is 0 Å². The average molecular weight is 553 g/mol. The van der Waals surface area contributed by atoms with Crippen molar-refractivity contribution in [3.05, 3.63) is 35.9 Å². The third-order valence-corrected chi connectivity index (χ3v) is 8.77. The predicted molar refractivity (Wildman–Crippen MR) is 147 cm³/mol. The summed E-state index contributed by atoms with van der Waals surface area (Å²) < 4.78 is 23.3. The summed E-state index contributed by atoms with van der Waals surface area (Å²) in [6.07, 6.45) is 5.14. The van der Waals surface area contributed by atoms with Crippen LogP contribution in [0.25, 0.3) is 0 Å². The summed E-state index contributed by atoms with van der Waals surface area (Å²) in [5, 5.41) is 0. The predicted octanol–water partition coefficient (Wildman–Crippen LogP) is 4.11. The van der Waals surface area contributed by atoms with Crippen LogP contribution in [0.5, 0.6) is 0 Å². The summed E-state index contributed by atoms with van der Waals surface area (Å²) in [5.74, 6) is -2.09. The maximum atomic E-state index is 13.5. The van der Waals surface area contributed by atoms with E-state index in [4.69, 9.17) is 15.2 Å². The summed E-state index contributed by atoms with van der Waals surface area (Å²) >= 11 is 0. The number of hydrogen-bond acceptors (Lipinski definition) is 7. The number of esters is 2. The summed E-state index contributed by atoms with van der Waals surface area (Å²) in [6, 6.07) is 9.19. The van der Waals surface area contributed by atoms with Gasteiger partial charge >= 0.3 is 11.9 Å². The normalized spacial score (nSPS) is 18.0. The molecule has 10 heteroatoms. The maximum Gasteiger partial charge on any atom is 0.331 e. The molecular weight excluding hydrogens is 507 g/mol. The van der Waals surface area contributed by atoms with Gasteiger partial charge in [0.05, 0.1) is 5.41 Å². The number of rotatable bonds is 15. The molecule has 1 saturated heterocycles. The van der Waals surface area contributed by atoms with Gasteiger partial charge < -0.3 is 25.0 Å². The fraction of sp³-hybridized carbons (Fsp3) is 0.679. The van der Waals surface area contributed by atoms with Crippen molar-refractivity contribution in [1.82, 2.24) is 4.90 Å². The lowest BCUT2D eigenvalue weighted by Gasteiger charge is -2.29. The third-order valence-electron chi connectivity index (χ3n) is 6.74. The Morgan fingerprint density at radius 2 is 1.82 bits per heavy atom. The first-order chi connectivity index (χ1) is 17.9. The highest BCUT2D eigenvalue weighted by atomic mass is 31.2. The topological polar surface area (TPSA) is 136 Å². The van der Waals surface area contributed by atoms with Crippen molar-refractivity contribution in [2.45, 2.75) is 78.2 Å². The third kappa shape index (κ3) is 10.9. The zero-order valence-corrected chi connectivity index (χ0v) is 24.0. The summed E-state index contributed by atoms with van der Waals surface area (Å²) in [5.41, 5.74) is 6.10. The zero-order chi connectivity index (χ0) is 28.2. The van der Waals surface area contributed by atoms with Crippen molar-refractivity contribution in [2.75, 3.05) is 32.2 Å². The number of benzene rings is 1. The van der Waals surface area contributed by atoms with E-state index < -0.39 is 43.5 Å². The van der Waals surface area contributed by atoms with Gasteiger partial charge in [0.2, 0.25) is 20.1 Å². The van der Waals surface area contributed by atoms with Gasteiger partial charge in [-0.1, -0.05) is 36.8 Å². The SMILES string of the molecule is CC(C)(C)C(=O)OCOC(=O)[C@@H]1CCCN1C(=O)C(CCCCN)CP(=O)(O)CCCCc1ccccc1. The lowest BCUT2D eigenvalue weighted by molar-refractivity contribution is -0.176. The number of carbonyl (C=O) groups is 3. The van der Waals surface area contributed by atoms with Crippen molar-refractivity contribution in [2.24, 2.45) is 17.1 Å². The van der Waals surface area contributed by atoms with Crippen LogP contribution in [0.1, 0.15) is 71.3 Å². The summed E-state index contributed by atoms with van der Waals surface area (Å²) in [7, 11) is -3.55. The van der Waals surface area contributed by atoms with Crippen LogP contribution < -0.4 is 5.73 Å². The van der Waals surface area contributed by atoms with Crippen molar-refractivity contribution < 1.29 is 33.3 Å². The minimum absolute atomic E-state index is 0.108.